The van der Waals surface area contributed by atoms with Gasteiger partial charge in [-0.15, -0.1) is 11.3 Å². The number of hydrogen-bond acceptors (Lipinski definition) is 8. The van der Waals surface area contributed by atoms with Gasteiger partial charge in [-0.1, -0.05) is 39.0 Å². The molecule has 4 heterocycles. The number of amides is 1. The molecule has 1 amide bonds. The number of rotatable bonds is 10. The number of nitrogens with one attached hydrogen (secondary N) is 2. The normalized spacial score (nSPS) is 22.3. The summed E-state index contributed by atoms with van der Waals surface area (Å²) in [6.07, 6.45) is 9.51. The second-order valence-corrected chi connectivity index (χ2v) is 14.6. The lowest BCUT2D eigenvalue weighted by Gasteiger charge is -2.47. The Morgan fingerprint density at radius 3 is 2.74 bits per heavy atom. The molecule has 0 bridgehead atoms. The molecule has 3 aliphatic rings. The zero-order valence-corrected chi connectivity index (χ0v) is 26.3. The van der Waals surface area contributed by atoms with E-state index in [0.717, 1.165) is 60.2 Å². The van der Waals surface area contributed by atoms with Gasteiger partial charge in [0.1, 0.15) is 16.7 Å². The molecule has 1 aromatic carbocycles. The summed E-state index contributed by atoms with van der Waals surface area (Å²) in [5.74, 6) is 0.552. The Bertz CT molecular complexity index is 1400. The highest BCUT2D eigenvalue weighted by atomic mass is 32.1. The van der Waals surface area contributed by atoms with E-state index in [0.29, 0.717) is 31.9 Å². The fraction of sp³-hybridized carbons (Fsp3) is 0.559. The molecule has 4 atom stereocenters. The van der Waals surface area contributed by atoms with Crippen molar-refractivity contribution in [3.05, 3.63) is 64.8 Å². The number of aliphatic hydroxyl groups is 1. The highest BCUT2D eigenvalue weighted by Crippen LogP contribution is 2.48. The summed E-state index contributed by atoms with van der Waals surface area (Å²) in [6.45, 7) is 7.62. The van der Waals surface area contributed by atoms with Gasteiger partial charge in [0.05, 0.1) is 12.1 Å². The molecule has 3 N–H and O–H groups in total. The monoisotopic (exact) mass is 604 g/mol. The molecule has 1 saturated carbocycles. The van der Waals surface area contributed by atoms with Gasteiger partial charge in [-0.25, -0.2) is 9.97 Å². The Balaban J connectivity index is 1.20. The van der Waals surface area contributed by atoms with Crippen molar-refractivity contribution in [2.24, 2.45) is 5.41 Å². The van der Waals surface area contributed by atoms with E-state index >= 15 is 0 Å². The topological polar surface area (TPSA) is 106 Å². The number of carbonyl (C=O) groups is 1. The Labute approximate surface area is 258 Å². The maximum atomic E-state index is 13.2. The van der Waals surface area contributed by atoms with Gasteiger partial charge in [0.15, 0.2) is 0 Å². The SMILES string of the molecule is CC(C)(C)Cc1cnc2c(c1)[C@@H](NC[C@@H](O)[C@@H](Cc1cccc(-c3nccs3)c1)NC(=O)C1CCCO1)CC1(CCC1)O2. The molecular formula is C34H44N4O4S. The van der Waals surface area contributed by atoms with Crippen LogP contribution in [0.4, 0.5) is 0 Å². The zero-order valence-electron chi connectivity index (χ0n) is 25.5. The lowest BCUT2D eigenvalue weighted by molar-refractivity contribution is -0.131. The van der Waals surface area contributed by atoms with Gasteiger partial charge >= 0.3 is 0 Å². The first-order valence-electron chi connectivity index (χ1n) is 15.7. The van der Waals surface area contributed by atoms with Crippen LogP contribution >= 0.6 is 11.3 Å². The molecule has 6 rings (SSSR count). The molecule has 43 heavy (non-hydrogen) atoms. The molecule has 3 aromatic rings. The number of fused-ring (bicyclic) bond motifs is 1. The van der Waals surface area contributed by atoms with Crippen LogP contribution in [-0.2, 0) is 22.4 Å². The third kappa shape index (κ3) is 7.28. The zero-order chi connectivity index (χ0) is 30.0. The summed E-state index contributed by atoms with van der Waals surface area (Å²) in [5, 5.41) is 21.4. The molecular weight excluding hydrogens is 560 g/mol. The molecule has 8 nitrogen and oxygen atoms in total. The van der Waals surface area contributed by atoms with E-state index in [2.05, 4.69) is 48.5 Å². The maximum absolute atomic E-state index is 13.2. The number of nitrogens with zero attached hydrogens (tertiary/aromatic N) is 2. The van der Waals surface area contributed by atoms with Crippen LogP contribution in [0.5, 0.6) is 5.88 Å². The van der Waals surface area contributed by atoms with Crippen LogP contribution in [0.25, 0.3) is 10.6 Å². The van der Waals surface area contributed by atoms with E-state index in [4.69, 9.17) is 14.5 Å². The largest absolute Gasteiger partial charge is 0.471 e. The number of carbonyl (C=O) groups excluding carboxylic acids is 1. The lowest BCUT2D eigenvalue weighted by atomic mass is 9.73. The molecule has 1 unspecified atom stereocenters. The Hall–Kier alpha value is -2.85. The van der Waals surface area contributed by atoms with Crippen molar-refractivity contribution >= 4 is 17.2 Å². The van der Waals surface area contributed by atoms with Crippen LogP contribution in [0.2, 0.25) is 0 Å². The Morgan fingerprint density at radius 1 is 1.19 bits per heavy atom. The Kier molecular flexibility index (Phi) is 8.87. The molecule has 2 fully saturated rings. The molecule has 1 aliphatic carbocycles. The third-order valence-corrected chi connectivity index (χ3v) is 9.67. The van der Waals surface area contributed by atoms with Crippen molar-refractivity contribution in [1.82, 2.24) is 20.6 Å². The van der Waals surface area contributed by atoms with Crippen molar-refractivity contribution in [3.63, 3.8) is 0 Å². The highest BCUT2D eigenvalue weighted by Gasteiger charge is 2.46. The van der Waals surface area contributed by atoms with Crippen molar-refractivity contribution in [2.75, 3.05) is 13.2 Å². The van der Waals surface area contributed by atoms with Crippen molar-refractivity contribution in [2.45, 2.75) is 102 Å². The minimum atomic E-state index is -0.816. The predicted octanol–water partition coefficient (Wildman–Crippen LogP) is 5.40. The van der Waals surface area contributed by atoms with Gasteiger partial charge in [0, 0.05) is 54.5 Å². The molecule has 9 heteroatoms. The first-order chi connectivity index (χ1) is 20.7. The van der Waals surface area contributed by atoms with E-state index in [9.17, 15) is 9.90 Å². The minimum absolute atomic E-state index is 0.00821. The fourth-order valence-corrected chi connectivity index (χ4v) is 7.18. The fourth-order valence-electron chi connectivity index (χ4n) is 6.55. The molecule has 2 aliphatic heterocycles. The number of aromatic nitrogens is 2. The summed E-state index contributed by atoms with van der Waals surface area (Å²) >= 11 is 1.59. The van der Waals surface area contributed by atoms with Gasteiger partial charge in [-0.2, -0.15) is 0 Å². The van der Waals surface area contributed by atoms with Gasteiger partial charge < -0.3 is 25.2 Å². The summed E-state index contributed by atoms with van der Waals surface area (Å²) in [7, 11) is 0. The van der Waals surface area contributed by atoms with Crippen molar-refractivity contribution in [3.8, 4) is 16.5 Å². The molecule has 230 valence electrons. The summed E-state index contributed by atoms with van der Waals surface area (Å²) in [5.41, 5.74) is 4.28. The standard InChI is InChI=1S/C34H44N4O4S/c1-33(2,3)18-23-16-25-27(19-34(10-6-11-34)42-31(25)37-20-23)36-21-28(39)26(38-30(40)29-9-5-13-41-29)17-22-7-4-8-24(15-22)32-35-12-14-43-32/h4,7-8,12,14-16,20,26-29,36,39H,5-6,9-11,13,17-19,21H2,1-3H3,(H,38,40)/t26-,27+,28-,29?/m1/s1. The van der Waals surface area contributed by atoms with Crippen LogP contribution in [0, 0.1) is 5.41 Å². The van der Waals surface area contributed by atoms with E-state index < -0.39 is 18.2 Å². The summed E-state index contributed by atoms with van der Waals surface area (Å²) in [6, 6.07) is 9.94. The third-order valence-electron chi connectivity index (χ3n) is 8.85. The molecule has 0 radical (unpaired) electrons. The molecule has 2 aromatic heterocycles. The first kappa shape index (κ1) is 30.2. The van der Waals surface area contributed by atoms with Gasteiger partial charge in [0.25, 0.3) is 0 Å². The smallest absolute Gasteiger partial charge is 0.249 e. The van der Waals surface area contributed by atoms with Crippen molar-refractivity contribution < 1.29 is 19.4 Å². The highest BCUT2D eigenvalue weighted by molar-refractivity contribution is 7.13. The average Bonchev–Trinajstić information content (AvgIpc) is 3.69. The van der Waals surface area contributed by atoms with E-state index in [1.807, 2.05) is 29.8 Å². The van der Waals surface area contributed by atoms with Crippen LogP contribution in [0.15, 0.2) is 48.1 Å². The first-order valence-corrected chi connectivity index (χ1v) is 16.5. The number of ether oxygens (including phenoxy) is 2. The number of thiazole rings is 1. The van der Waals surface area contributed by atoms with E-state index in [1.54, 1.807) is 17.5 Å². The Morgan fingerprint density at radius 2 is 2.05 bits per heavy atom. The molecule has 1 saturated heterocycles. The quantitative estimate of drug-likeness (QED) is 0.285. The van der Waals surface area contributed by atoms with E-state index in [1.165, 1.54) is 5.56 Å². The lowest BCUT2D eigenvalue weighted by Crippen LogP contribution is -2.53. The van der Waals surface area contributed by atoms with Gasteiger partial charge in [0.2, 0.25) is 11.8 Å². The average molecular weight is 605 g/mol. The predicted molar refractivity (Wildman–Crippen MR) is 168 cm³/mol. The van der Waals surface area contributed by atoms with Crippen LogP contribution in [0.1, 0.15) is 82.0 Å². The number of aliphatic hydroxyl groups excluding tert-OH is 1. The number of benzene rings is 1. The summed E-state index contributed by atoms with van der Waals surface area (Å²) in [4.78, 5) is 22.4. The van der Waals surface area contributed by atoms with Crippen LogP contribution in [-0.4, -0.2) is 58.0 Å². The number of hydrogen-bond donors (Lipinski definition) is 3. The van der Waals surface area contributed by atoms with Crippen molar-refractivity contribution in [1.29, 1.82) is 0 Å². The number of pyridine rings is 1. The molecule has 1 spiro atoms. The van der Waals surface area contributed by atoms with E-state index in [-0.39, 0.29) is 23.0 Å². The second-order valence-electron chi connectivity index (χ2n) is 13.7. The van der Waals surface area contributed by atoms with Gasteiger partial charge in [-0.05, 0) is 73.6 Å². The van der Waals surface area contributed by atoms with Crippen LogP contribution in [0.3, 0.4) is 0 Å². The van der Waals surface area contributed by atoms with Gasteiger partial charge in [-0.3, -0.25) is 4.79 Å². The minimum Gasteiger partial charge on any atom is -0.471 e. The van der Waals surface area contributed by atoms with Crippen LogP contribution < -0.4 is 15.4 Å². The maximum Gasteiger partial charge on any atom is 0.249 e. The summed E-state index contributed by atoms with van der Waals surface area (Å²) < 4.78 is 12.1. The second kappa shape index (κ2) is 12.6.